The van der Waals surface area contributed by atoms with Gasteiger partial charge in [-0.2, -0.15) is 0 Å². The van der Waals surface area contributed by atoms with Crippen LogP contribution in [0.25, 0.3) is 0 Å². The zero-order valence-electron chi connectivity index (χ0n) is 14.4. The number of hydrogen-bond acceptors (Lipinski definition) is 5. The van der Waals surface area contributed by atoms with Gasteiger partial charge in [0, 0.05) is 13.1 Å². The van der Waals surface area contributed by atoms with E-state index in [1.165, 1.54) is 6.92 Å². The summed E-state index contributed by atoms with van der Waals surface area (Å²) >= 11 is 0. The Kier molecular flexibility index (Phi) is 7.15. The Morgan fingerprint density at radius 1 is 0.846 bits per heavy atom. The third kappa shape index (κ3) is 7.12. The Hall–Kier alpha value is -1.94. The van der Waals surface area contributed by atoms with Crippen LogP contribution in [0.2, 0.25) is 0 Å². The van der Waals surface area contributed by atoms with E-state index in [1.54, 1.807) is 24.3 Å². The summed E-state index contributed by atoms with van der Waals surface area (Å²) in [5.74, 6) is 0.873. The molecule has 142 valence electrons. The van der Waals surface area contributed by atoms with Gasteiger partial charge in [-0.3, -0.25) is 0 Å². The van der Waals surface area contributed by atoms with Crippen LogP contribution in [0, 0.1) is 0 Å². The van der Waals surface area contributed by atoms with Crippen LogP contribution in [-0.2, 0) is 26.6 Å². The van der Waals surface area contributed by atoms with Gasteiger partial charge in [-0.25, -0.2) is 26.3 Å². The number of ether oxygens (including phenoxy) is 1. The number of hydrogen-bond donors (Lipinski definition) is 2. The fraction of sp³-hybridized carbons (Fsp3) is 0.294. The fourth-order valence-electron chi connectivity index (χ4n) is 2.04. The molecule has 0 atom stereocenters. The lowest BCUT2D eigenvalue weighted by atomic mass is 10.2. The van der Waals surface area contributed by atoms with Crippen molar-refractivity contribution in [1.29, 1.82) is 0 Å². The number of benzene rings is 2. The quantitative estimate of drug-likeness (QED) is 0.636. The average Bonchev–Trinajstić information content (AvgIpc) is 2.61. The van der Waals surface area contributed by atoms with Gasteiger partial charge in [0.1, 0.15) is 11.5 Å². The fourth-order valence-corrected chi connectivity index (χ4v) is 3.69. The van der Waals surface area contributed by atoms with Gasteiger partial charge >= 0.3 is 0 Å². The van der Waals surface area contributed by atoms with Crippen molar-refractivity contribution in [2.24, 2.45) is 0 Å². The predicted octanol–water partition coefficient (Wildman–Crippen LogP) is 1.84. The van der Waals surface area contributed by atoms with Crippen LogP contribution in [0.1, 0.15) is 12.5 Å². The van der Waals surface area contributed by atoms with Crippen LogP contribution in [0.3, 0.4) is 0 Å². The molecular formula is C17H22N2O5S2. The highest BCUT2D eigenvalue weighted by Crippen LogP contribution is 2.21. The van der Waals surface area contributed by atoms with Crippen molar-refractivity contribution < 1.29 is 21.6 Å². The minimum absolute atomic E-state index is 0.0886. The summed E-state index contributed by atoms with van der Waals surface area (Å²) in [5, 5.41) is 0. The summed E-state index contributed by atoms with van der Waals surface area (Å²) in [6, 6.07) is 16.3. The molecule has 2 aromatic carbocycles. The first-order valence-electron chi connectivity index (χ1n) is 8.06. The second-order valence-electron chi connectivity index (χ2n) is 5.50. The Morgan fingerprint density at radius 2 is 1.54 bits per heavy atom. The summed E-state index contributed by atoms with van der Waals surface area (Å²) in [7, 11) is -7.00. The van der Waals surface area contributed by atoms with E-state index in [9.17, 15) is 16.8 Å². The Morgan fingerprint density at radius 3 is 2.23 bits per heavy atom. The monoisotopic (exact) mass is 398 g/mol. The standard InChI is InChI=1S/C17H22N2O5S2/c1-2-25(20,21)18-11-12-26(22,23)19-14-15-7-6-10-17(13-15)24-16-8-4-3-5-9-16/h3-10,13,18-19H,2,11-12,14H2,1H3. The highest BCUT2D eigenvalue weighted by atomic mass is 32.2. The van der Waals surface area contributed by atoms with Crippen molar-refractivity contribution in [2.75, 3.05) is 18.1 Å². The normalized spacial score (nSPS) is 12.0. The zero-order valence-corrected chi connectivity index (χ0v) is 16.0. The molecule has 0 spiro atoms. The molecule has 0 heterocycles. The molecule has 26 heavy (non-hydrogen) atoms. The summed E-state index contributed by atoms with van der Waals surface area (Å²) in [5.41, 5.74) is 0.733. The molecule has 0 aromatic heterocycles. The molecular weight excluding hydrogens is 376 g/mol. The van der Waals surface area contributed by atoms with E-state index < -0.39 is 20.0 Å². The lowest BCUT2D eigenvalue weighted by Crippen LogP contribution is -2.34. The van der Waals surface area contributed by atoms with Crippen molar-refractivity contribution in [1.82, 2.24) is 9.44 Å². The van der Waals surface area contributed by atoms with Crippen molar-refractivity contribution in [3.05, 3.63) is 60.2 Å². The summed E-state index contributed by atoms with van der Waals surface area (Å²) in [6.45, 7) is 1.41. The zero-order chi connectivity index (χ0) is 19.0. The smallest absolute Gasteiger partial charge is 0.213 e. The molecule has 2 N–H and O–H groups in total. The lowest BCUT2D eigenvalue weighted by molar-refractivity contribution is 0.482. The molecule has 0 fully saturated rings. The van der Waals surface area contributed by atoms with E-state index in [1.807, 2.05) is 30.3 Å². The molecule has 0 bridgehead atoms. The minimum atomic E-state index is -3.60. The SMILES string of the molecule is CCS(=O)(=O)NCCS(=O)(=O)NCc1cccc(Oc2ccccc2)c1. The molecule has 0 aliphatic heterocycles. The molecule has 0 saturated carbocycles. The lowest BCUT2D eigenvalue weighted by Gasteiger charge is -2.10. The van der Waals surface area contributed by atoms with E-state index >= 15 is 0 Å². The second kappa shape index (κ2) is 9.13. The van der Waals surface area contributed by atoms with Gasteiger partial charge in [-0.15, -0.1) is 0 Å². The molecule has 0 radical (unpaired) electrons. The van der Waals surface area contributed by atoms with E-state index in [2.05, 4.69) is 9.44 Å². The maximum Gasteiger partial charge on any atom is 0.213 e. The van der Waals surface area contributed by atoms with Crippen molar-refractivity contribution >= 4 is 20.0 Å². The maximum atomic E-state index is 12.0. The molecule has 9 heteroatoms. The average molecular weight is 399 g/mol. The van der Waals surface area contributed by atoms with Crippen molar-refractivity contribution in [2.45, 2.75) is 13.5 Å². The molecule has 0 saturated heterocycles. The first-order chi connectivity index (χ1) is 12.3. The summed E-state index contributed by atoms with van der Waals surface area (Å²) in [4.78, 5) is 0. The Bertz CT molecular complexity index is 913. The predicted molar refractivity (Wildman–Crippen MR) is 101 cm³/mol. The molecule has 0 aliphatic rings. The summed E-state index contributed by atoms with van der Waals surface area (Å²) in [6.07, 6.45) is 0. The van der Waals surface area contributed by atoms with Gasteiger partial charge in [-0.05, 0) is 36.8 Å². The first kappa shape index (κ1) is 20.4. The van der Waals surface area contributed by atoms with E-state index in [-0.39, 0.29) is 24.6 Å². The maximum absolute atomic E-state index is 12.0. The van der Waals surface area contributed by atoms with Gasteiger partial charge in [0.15, 0.2) is 0 Å². The molecule has 0 amide bonds. The molecule has 2 rings (SSSR count). The largest absolute Gasteiger partial charge is 0.457 e. The highest BCUT2D eigenvalue weighted by Gasteiger charge is 2.13. The van der Waals surface area contributed by atoms with Crippen LogP contribution in [-0.4, -0.2) is 34.9 Å². The minimum Gasteiger partial charge on any atom is -0.457 e. The number of para-hydroxylation sites is 1. The van der Waals surface area contributed by atoms with Crippen molar-refractivity contribution in [3.63, 3.8) is 0 Å². The summed E-state index contributed by atoms with van der Waals surface area (Å²) < 4.78 is 57.0. The van der Waals surface area contributed by atoms with Crippen LogP contribution in [0.15, 0.2) is 54.6 Å². The van der Waals surface area contributed by atoms with E-state index in [0.29, 0.717) is 11.5 Å². The van der Waals surface area contributed by atoms with Crippen molar-refractivity contribution in [3.8, 4) is 11.5 Å². The van der Waals surface area contributed by atoms with Gasteiger partial charge in [0.25, 0.3) is 0 Å². The first-order valence-corrected chi connectivity index (χ1v) is 11.4. The van der Waals surface area contributed by atoms with E-state index in [4.69, 9.17) is 4.74 Å². The van der Waals surface area contributed by atoms with Crippen LogP contribution < -0.4 is 14.2 Å². The van der Waals surface area contributed by atoms with Gasteiger partial charge in [0.05, 0.1) is 11.5 Å². The highest BCUT2D eigenvalue weighted by molar-refractivity contribution is 7.90. The third-order valence-corrected chi connectivity index (χ3v) is 6.18. The molecule has 2 aromatic rings. The molecule has 7 nitrogen and oxygen atoms in total. The van der Waals surface area contributed by atoms with Crippen LogP contribution in [0.5, 0.6) is 11.5 Å². The van der Waals surface area contributed by atoms with Crippen LogP contribution in [0.4, 0.5) is 0 Å². The van der Waals surface area contributed by atoms with E-state index in [0.717, 1.165) is 5.56 Å². The van der Waals surface area contributed by atoms with Gasteiger partial charge in [-0.1, -0.05) is 30.3 Å². The molecule has 0 aliphatic carbocycles. The Labute approximate surface area is 154 Å². The topological polar surface area (TPSA) is 102 Å². The van der Waals surface area contributed by atoms with Gasteiger partial charge in [0.2, 0.25) is 20.0 Å². The van der Waals surface area contributed by atoms with Crippen LogP contribution >= 0.6 is 0 Å². The molecule has 0 unspecified atom stereocenters. The number of sulfonamides is 2. The number of rotatable bonds is 10. The Balaban J connectivity index is 1.89. The second-order valence-corrected chi connectivity index (χ2v) is 9.52. The third-order valence-electron chi connectivity index (χ3n) is 3.45. The number of nitrogens with one attached hydrogen (secondary N) is 2. The van der Waals surface area contributed by atoms with Gasteiger partial charge < -0.3 is 4.74 Å².